The van der Waals surface area contributed by atoms with Gasteiger partial charge in [-0.1, -0.05) is 72.8 Å². The predicted octanol–water partition coefficient (Wildman–Crippen LogP) is 5.20. The van der Waals surface area contributed by atoms with Crippen molar-refractivity contribution in [2.45, 2.75) is 25.7 Å². The van der Waals surface area contributed by atoms with Gasteiger partial charge in [0.15, 0.2) is 0 Å². The molecular weight excluding hydrogens is 400 g/mol. The molecular formula is C26H30N4O2. The maximum atomic E-state index is 12.3. The van der Waals surface area contributed by atoms with Crippen molar-refractivity contribution in [3.63, 3.8) is 0 Å². The third-order valence-corrected chi connectivity index (χ3v) is 4.96. The standard InChI is InChI=1S/C26H30N4O2/c31-25(27-19-9-15-21-11-3-1-4-12-21)29-23-17-7-8-18-24(23)30-26(32)28-20-10-16-22-13-5-2-6-14-22/h1-8,11-14,17-18H,9-10,15-16,19-20H2,(H2,27,29,31)(H2,28,30,32). The fourth-order valence-electron chi connectivity index (χ4n) is 3.31. The lowest BCUT2D eigenvalue weighted by Gasteiger charge is -2.13. The van der Waals surface area contributed by atoms with Gasteiger partial charge in [-0.25, -0.2) is 9.59 Å². The molecule has 32 heavy (non-hydrogen) atoms. The van der Waals surface area contributed by atoms with Crippen LogP contribution >= 0.6 is 0 Å². The number of carbonyl (C=O) groups is 2. The lowest BCUT2D eigenvalue weighted by Crippen LogP contribution is -2.32. The van der Waals surface area contributed by atoms with E-state index in [4.69, 9.17) is 0 Å². The molecule has 4 N–H and O–H groups in total. The summed E-state index contributed by atoms with van der Waals surface area (Å²) in [6.07, 6.45) is 3.51. The first kappa shape index (κ1) is 22.9. The zero-order valence-corrected chi connectivity index (χ0v) is 18.1. The van der Waals surface area contributed by atoms with Crippen LogP contribution in [0.1, 0.15) is 24.0 Å². The van der Waals surface area contributed by atoms with E-state index in [0.29, 0.717) is 24.5 Å². The molecule has 0 aliphatic carbocycles. The van der Waals surface area contributed by atoms with Crippen LogP contribution in [-0.4, -0.2) is 25.2 Å². The fraction of sp³-hybridized carbons (Fsp3) is 0.231. The van der Waals surface area contributed by atoms with Gasteiger partial charge < -0.3 is 21.3 Å². The Labute approximate surface area is 189 Å². The first-order valence-corrected chi connectivity index (χ1v) is 11.0. The molecule has 0 aliphatic heterocycles. The topological polar surface area (TPSA) is 82.3 Å². The molecule has 166 valence electrons. The summed E-state index contributed by atoms with van der Waals surface area (Å²) in [5, 5.41) is 11.3. The summed E-state index contributed by atoms with van der Waals surface area (Å²) in [5.41, 5.74) is 3.60. The molecule has 0 spiro atoms. The van der Waals surface area contributed by atoms with Crippen LogP contribution < -0.4 is 21.3 Å². The van der Waals surface area contributed by atoms with Gasteiger partial charge >= 0.3 is 12.1 Å². The smallest absolute Gasteiger partial charge is 0.319 e. The number of benzene rings is 3. The number of anilines is 2. The average Bonchev–Trinajstić information content (AvgIpc) is 2.82. The van der Waals surface area contributed by atoms with E-state index in [2.05, 4.69) is 45.5 Å². The maximum absolute atomic E-state index is 12.3. The van der Waals surface area contributed by atoms with Crippen molar-refractivity contribution in [3.05, 3.63) is 96.1 Å². The Morgan fingerprint density at radius 3 is 1.31 bits per heavy atom. The van der Waals surface area contributed by atoms with Crippen LogP contribution in [0, 0.1) is 0 Å². The van der Waals surface area contributed by atoms with E-state index in [1.165, 1.54) is 11.1 Å². The van der Waals surface area contributed by atoms with Crippen molar-refractivity contribution >= 4 is 23.4 Å². The van der Waals surface area contributed by atoms with Crippen LogP contribution in [0.4, 0.5) is 21.0 Å². The molecule has 3 rings (SSSR count). The van der Waals surface area contributed by atoms with Gasteiger partial charge in [0, 0.05) is 13.1 Å². The normalized spacial score (nSPS) is 10.2. The number of rotatable bonds is 10. The summed E-state index contributed by atoms with van der Waals surface area (Å²) in [7, 11) is 0. The number of nitrogens with one attached hydrogen (secondary N) is 4. The highest BCUT2D eigenvalue weighted by molar-refractivity contribution is 5.98. The highest BCUT2D eigenvalue weighted by Crippen LogP contribution is 2.20. The summed E-state index contributed by atoms with van der Waals surface area (Å²) in [5.74, 6) is 0. The summed E-state index contributed by atoms with van der Waals surface area (Å²) in [6.45, 7) is 1.14. The van der Waals surface area contributed by atoms with E-state index in [-0.39, 0.29) is 12.1 Å². The minimum absolute atomic E-state index is 0.296. The van der Waals surface area contributed by atoms with Gasteiger partial charge in [0.2, 0.25) is 0 Å². The Kier molecular flexibility index (Phi) is 9.15. The molecule has 0 bridgehead atoms. The van der Waals surface area contributed by atoms with E-state index < -0.39 is 0 Å². The number of para-hydroxylation sites is 2. The van der Waals surface area contributed by atoms with Gasteiger partial charge in [0.25, 0.3) is 0 Å². The van der Waals surface area contributed by atoms with Gasteiger partial charge in [-0.3, -0.25) is 0 Å². The molecule has 0 radical (unpaired) electrons. The zero-order valence-electron chi connectivity index (χ0n) is 18.1. The Bertz CT molecular complexity index is 897. The van der Waals surface area contributed by atoms with E-state index in [1.807, 2.05) is 48.5 Å². The first-order chi connectivity index (χ1) is 15.7. The van der Waals surface area contributed by atoms with Crippen LogP contribution in [0.5, 0.6) is 0 Å². The summed E-state index contributed by atoms with van der Waals surface area (Å²) in [6, 6.07) is 26.9. The SMILES string of the molecule is O=C(NCCCc1ccccc1)Nc1ccccc1NC(=O)NCCCc1ccccc1. The van der Waals surface area contributed by atoms with Gasteiger partial charge in [0.1, 0.15) is 0 Å². The van der Waals surface area contributed by atoms with Crippen LogP contribution in [0.15, 0.2) is 84.9 Å². The second kappa shape index (κ2) is 12.8. The van der Waals surface area contributed by atoms with Gasteiger partial charge in [0.05, 0.1) is 11.4 Å². The number of hydrogen-bond donors (Lipinski definition) is 4. The van der Waals surface area contributed by atoms with Gasteiger partial charge in [-0.15, -0.1) is 0 Å². The Morgan fingerprint density at radius 1 is 0.531 bits per heavy atom. The Morgan fingerprint density at radius 2 is 0.906 bits per heavy atom. The van der Waals surface area contributed by atoms with E-state index in [0.717, 1.165) is 25.7 Å². The second-order valence-electron chi connectivity index (χ2n) is 7.49. The van der Waals surface area contributed by atoms with Crippen molar-refractivity contribution in [2.24, 2.45) is 0 Å². The molecule has 0 aromatic heterocycles. The van der Waals surface area contributed by atoms with Crippen molar-refractivity contribution in [1.29, 1.82) is 0 Å². The fourth-order valence-corrected chi connectivity index (χ4v) is 3.31. The van der Waals surface area contributed by atoms with Crippen LogP contribution in [0.2, 0.25) is 0 Å². The molecule has 3 aromatic rings. The number of aryl methyl sites for hydroxylation is 2. The lowest BCUT2D eigenvalue weighted by atomic mass is 10.1. The molecule has 6 nitrogen and oxygen atoms in total. The molecule has 4 amide bonds. The first-order valence-electron chi connectivity index (χ1n) is 11.0. The zero-order chi connectivity index (χ0) is 22.4. The van der Waals surface area contributed by atoms with Gasteiger partial charge in [-0.05, 0) is 48.9 Å². The number of amides is 4. The average molecular weight is 431 g/mol. The summed E-state index contributed by atoms with van der Waals surface area (Å²) >= 11 is 0. The third-order valence-electron chi connectivity index (χ3n) is 4.96. The molecule has 0 atom stereocenters. The number of urea groups is 2. The monoisotopic (exact) mass is 430 g/mol. The van der Waals surface area contributed by atoms with Crippen LogP contribution in [0.3, 0.4) is 0 Å². The van der Waals surface area contributed by atoms with E-state index in [9.17, 15) is 9.59 Å². The molecule has 3 aromatic carbocycles. The molecule has 0 saturated carbocycles. The minimum atomic E-state index is -0.296. The largest absolute Gasteiger partial charge is 0.338 e. The maximum Gasteiger partial charge on any atom is 0.319 e. The van der Waals surface area contributed by atoms with Crippen LogP contribution in [-0.2, 0) is 12.8 Å². The number of hydrogen-bond acceptors (Lipinski definition) is 2. The Hall–Kier alpha value is -3.80. The van der Waals surface area contributed by atoms with Crippen molar-refractivity contribution < 1.29 is 9.59 Å². The summed E-state index contributed by atoms with van der Waals surface area (Å²) < 4.78 is 0. The predicted molar refractivity (Wildman–Crippen MR) is 130 cm³/mol. The molecule has 0 unspecified atom stereocenters. The molecule has 0 saturated heterocycles. The quantitative estimate of drug-likeness (QED) is 0.334. The number of carbonyl (C=O) groups excluding carboxylic acids is 2. The van der Waals surface area contributed by atoms with Crippen molar-refractivity contribution in [2.75, 3.05) is 23.7 Å². The van der Waals surface area contributed by atoms with Crippen molar-refractivity contribution in [1.82, 2.24) is 10.6 Å². The summed E-state index contributed by atoms with van der Waals surface area (Å²) in [4.78, 5) is 24.5. The minimum Gasteiger partial charge on any atom is -0.338 e. The lowest BCUT2D eigenvalue weighted by molar-refractivity contribution is 0.250. The molecule has 0 aliphatic rings. The van der Waals surface area contributed by atoms with E-state index in [1.54, 1.807) is 12.1 Å². The highest BCUT2D eigenvalue weighted by Gasteiger charge is 2.09. The highest BCUT2D eigenvalue weighted by atomic mass is 16.2. The second-order valence-corrected chi connectivity index (χ2v) is 7.49. The third kappa shape index (κ3) is 8.14. The molecule has 0 fully saturated rings. The van der Waals surface area contributed by atoms with E-state index >= 15 is 0 Å². The van der Waals surface area contributed by atoms with Crippen molar-refractivity contribution in [3.8, 4) is 0 Å². The Balaban J connectivity index is 1.38. The van der Waals surface area contributed by atoms with Gasteiger partial charge in [-0.2, -0.15) is 0 Å². The molecule has 6 heteroatoms. The van der Waals surface area contributed by atoms with Crippen LogP contribution in [0.25, 0.3) is 0 Å². The molecule has 0 heterocycles.